The number of nitrogens with two attached hydrogens (primary N) is 2. The number of aromatic hydroxyl groups is 1. The lowest BCUT2D eigenvalue weighted by Gasteiger charge is -2.14. The van der Waals surface area contributed by atoms with E-state index in [1.807, 2.05) is 0 Å². The van der Waals surface area contributed by atoms with Gasteiger partial charge in [-0.3, -0.25) is 0 Å². The van der Waals surface area contributed by atoms with Crippen LogP contribution >= 0.6 is 12.4 Å². The maximum atomic E-state index is 11.9. The van der Waals surface area contributed by atoms with Crippen LogP contribution in [0.1, 0.15) is 11.6 Å². The van der Waals surface area contributed by atoms with Gasteiger partial charge in [-0.05, 0) is 18.2 Å². The molecule has 1 rings (SSSR count). The number of alkyl halides is 3. The molecule has 0 aliphatic heterocycles. The van der Waals surface area contributed by atoms with Gasteiger partial charge < -0.3 is 21.3 Å². The summed E-state index contributed by atoms with van der Waals surface area (Å²) in [6.45, 7) is 0.00301. The molecule has 1 aromatic carbocycles. The van der Waals surface area contributed by atoms with Crippen LogP contribution in [0.15, 0.2) is 18.2 Å². The van der Waals surface area contributed by atoms with Gasteiger partial charge in [0.15, 0.2) is 0 Å². The van der Waals surface area contributed by atoms with Crippen molar-refractivity contribution in [2.24, 2.45) is 11.5 Å². The summed E-state index contributed by atoms with van der Waals surface area (Å²) in [5.74, 6) is -0.656. The highest BCUT2D eigenvalue weighted by Crippen LogP contribution is 2.30. The first kappa shape index (κ1) is 15.8. The summed E-state index contributed by atoms with van der Waals surface area (Å²) in [5, 5.41) is 9.36. The number of hydrogen-bond donors (Lipinski definition) is 3. The Kier molecular flexibility index (Phi) is 5.53. The van der Waals surface area contributed by atoms with Crippen molar-refractivity contribution >= 4 is 12.4 Å². The third-order valence-corrected chi connectivity index (χ3v) is 1.89. The molecular formula is C9H12ClF3N2O2. The number of halogens is 4. The van der Waals surface area contributed by atoms with Crippen molar-refractivity contribution < 1.29 is 23.0 Å². The Labute approximate surface area is 102 Å². The fraction of sp³-hybridized carbons (Fsp3) is 0.333. The maximum absolute atomic E-state index is 11.9. The Morgan fingerprint density at radius 3 is 2.41 bits per heavy atom. The SMILES string of the molecule is Cl.NC[C@@H](N)c1cc(OC(F)(F)F)ccc1O. The molecule has 0 saturated carbocycles. The maximum Gasteiger partial charge on any atom is 0.573 e. The number of phenols is 1. The topological polar surface area (TPSA) is 81.5 Å². The van der Waals surface area contributed by atoms with Gasteiger partial charge in [0, 0.05) is 18.2 Å². The lowest BCUT2D eigenvalue weighted by Crippen LogP contribution is -2.21. The number of ether oxygens (including phenoxy) is 1. The van der Waals surface area contributed by atoms with Crippen LogP contribution in [0.25, 0.3) is 0 Å². The molecule has 0 aromatic heterocycles. The molecule has 17 heavy (non-hydrogen) atoms. The van der Waals surface area contributed by atoms with E-state index in [1.54, 1.807) is 0 Å². The third kappa shape index (κ3) is 4.68. The molecule has 0 amide bonds. The summed E-state index contributed by atoms with van der Waals surface area (Å²) in [4.78, 5) is 0. The van der Waals surface area contributed by atoms with Crippen LogP contribution in [0.5, 0.6) is 11.5 Å². The average molecular weight is 273 g/mol. The number of phenolic OH excluding ortho intramolecular Hbond substituents is 1. The van der Waals surface area contributed by atoms with Crippen molar-refractivity contribution in [1.82, 2.24) is 0 Å². The molecular weight excluding hydrogens is 261 g/mol. The van der Waals surface area contributed by atoms with Gasteiger partial charge in [0.25, 0.3) is 0 Å². The third-order valence-electron chi connectivity index (χ3n) is 1.89. The monoisotopic (exact) mass is 272 g/mol. The molecule has 0 fully saturated rings. The standard InChI is InChI=1S/C9H11F3N2O2.ClH/c10-9(11,12)16-5-1-2-8(15)6(3-5)7(14)4-13;/h1-3,7,15H,4,13-14H2;1H/t7-;/m1./s1. The predicted molar refractivity (Wildman–Crippen MR) is 58.0 cm³/mol. The first-order valence-electron chi connectivity index (χ1n) is 4.38. The highest BCUT2D eigenvalue weighted by atomic mass is 35.5. The zero-order valence-electron chi connectivity index (χ0n) is 8.57. The second-order valence-electron chi connectivity index (χ2n) is 3.11. The molecule has 0 radical (unpaired) electrons. The van der Waals surface area contributed by atoms with Gasteiger partial charge in [-0.15, -0.1) is 25.6 Å². The highest BCUT2D eigenvalue weighted by molar-refractivity contribution is 5.85. The van der Waals surface area contributed by atoms with E-state index in [0.29, 0.717) is 0 Å². The Bertz CT molecular complexity index is 374. The van der Waals surface area contributed by atoms with Crippen molar-refractivity contribution in [3.63, 3.8) is 0 Å². The minimum atomic E-state index is -4.78. The molecule has 1 atom stereocenters. The Hall–Kier alpha value is -1.18. The number of rotatable bonds is 3. The van der Waals surface area contributed by atoms with E-state index in [2.05, 4.69) is 4.74 Å². The predicted octanol–water partition coefficient (Wildman–Crippen LogP) is 1.67. The summed E-state index contributed by atoms with van der Waals surface area (Å²) in [5.41, 5.74) is 10.9. The molecule has 98 valence electrons. The molecule has 5 N–H and O–H groups in total. The number of benzene rings is 1. The molecule has 0 unspecified atom stereocenters. The van der Waals surface area contributed by atoms with Gasteiger partial charge in [0.2, 0.25) is 0 Å². The molecule has 0 spiro atoms. The van der Waals surface area contributed by atoms with E-state index < -0.39 is 18.2 Å². The summed E-state index contributed by atoms with van der Waals surface area (Å²) < 4.78 is 39.4. The van der Waals surface area contributed by atoms with Crippen LogP contribution in [0, 0.1) is 0 Å². The quantitative estimate of drug-likeness (QED) is 0.782. The van der Waals surface area contributed by atoms with Crippen LogP contribution in [-0.4, -0.2) is 18.0 Å². The molecule has 0 aliphatic rings. The van der Waals surface area contributed by atoms with E-state index >= 15 is 0 Å². The van der Waals surface area contributed by atoms with Crippen LogP contribution < -0.4 is 16.2 Å². The average Bonchev–Trinajstić information content (AvgIpc) is 2.18. The molecule has 0 aliphatic carbocycles. The van der Waals surface area contributed by atoms with E-state index in [9.17, 15) is 18.3 Å². The Balaban J connectivity index is 0.00000256. The summed E-state index contributed by atoms with van der Waals surface area (Å²) in [6, 6.07) is 2.35. The first-order chi connectivity index (χ1) is 7.33. The van der Waals surface area contributed by atoms with Crippen molar-refractivity contribution in [1.29, 1.82) is 0 Å². The van der Waals surface area contributed by atoms with Crippen LogP contribution in [0.2, 0.25) is 0 Å². The van der Waals surface area contributed by atoms with Gasteiger partial charge in [-0.2, -0.15) is 0 Å². The lowest BCUT2D eigenvalue weighted by molar-refractivity contribution is -0.274. The Morgan fingerprint density at radius 2 is 1.94 bits per heavy atom. The van der Waals surface area contributed by atoms with Crippen molar-refractivity contribution in [2.45, 2.75) is 12.4 Å². The molecule has 1 aromatic rings. The summed E-state index contributed by atoms with van der Waals surface area (Å²) >= 11 is 0. The Morgan fingerprint density at radius 1 is 1.35 bits per heavy atom. The van der Waals surface area contributed by atoms with Crippen molar-refractivity contribution in [3.8, 4) is 11.5 Å². The lowest BCUT2D eigenvalue weighted by atomic mass is 10.1. The molecule has 0 heterocycles. The van der Waals surface area contributed by atoms with Crippen LogP contribution in [0.4, 0.5) is 13.2 Å². The van der Waals surface area contributed by atoms with Gasteiger partial charge >= 0.3 is 6.36 Å². The fourth-order valence-corrected chi connectivity index (χ4v) is 1.15. The minimum absolute atomic E-state index is 0. The second kappa shape index (κ2) is 5.95. The highest BCUT2D eigenvalue weighted by Gasteiger charge is 2.31. The largest absolute Gasteiger partial charge is 0.573 e. The van der Waals surface area contributed by atoms with E-state index in [-0.39, 0.29) is 30.3 Å². The van der Waals surface area contributed by atoms with Gasteiger partial charge in [0.1, 0.15) is 11.5 Å². The van der Waals surface area contributed by atoms with Gasteiger partial charge in [-0.1, -0.05) is 0 Å². The fourth-order valence-electron chi connectivity index (χ4n) is 1.15. The number of hydrogen-bond acceptors (Lipinski definition) is 4. The normalized spacial score (nSPS) is 12.8. The smallest absolute Gasteiger partial charge is 0.508 e. The van der Waals surface area contributed by atoms with Crippen molar-refractivity contribution in [2.75, 3.05) is 6.54 Å². The van der Waals surface area contributed by atoms with Gasteiger partial charge in [-0.25, -0.2) is 0 Å². The van der Waals surface area contributed by atoms with Crippen LogP contribution in [0.3, 0.4) is 0 Å². The molecule has 0 saturated heterocycles. The summed E-state index contributed by atoms with van der Waals surface area (Å²) in [6.07, 6.45) is -4.78. The molecule has 0 bridgehead atoms. The second-order valence-corrected chi connectivity index (χ2v) is 3.11. The van der Waals surface area contributed by atoms with Gasteiger partial charge in [0.05, 0.1) is 0 Å². The van der Waals surface area contributed by atoms with Crippen molar-refractivity contribution in [3.05, 3.63) is 23.8 Å². The first-order valence-corrected chi connectivity index (χ1v) is 4.38. The zero-order chi connectivity index (χ0) is 12.3. The molecule has 4 nitrogen and oxygen atoms in total. The zero-order valence-corrected chi connectivity index (χ0v) is 9.39. The minimum Gasteiger partial charge on any atom is -0.508 e. The van der Waals surface area contributed by atoms with E-state index in [1.165, 1.54) is 0 Å². The van der Waals surface area contributed by atoms with E-state index in [0.717, 1.165) is 18.2 Å². The summed E-state index contributed by atoms with van der Waals surface area (Å²) in [7, 11) is 0. The van der Waals surface area contributed by atoms with Crippen LogP contribution in [-0.2, 0) is 0 Å². The molecule has 8 heteroatoms. The van der Waals surface area contributed by atoms with E-state index in [4.69, 9.17) is 11.5 Å².